The molecule has 0 heterocycles. The zero-order valence-corrected chi connectivity index (χ0v) is 26.4. The fourth-order valence-corrected chi connectivity index (χ4v) is 4.23. The molecule has 4 rings (SSSR count). The Labute approximate surface area is 272 Å². The average Bonchev–Trinajstić information content (AvgIpc) is 2.90. The molecule has 6 nitrogen and oxygen atoms in total. The van der Waals surface area contributed by atoms with Crippen LogP contribution in [0.4, 0.5) is 0 Å². The maximum atomic E-state index is 11.4. The molecule has 0 aromatic heterocycles. The van der Waals surface area contributed by atoms with Crippen molar-refractivity contribution in [2.24, 2.45) is 0 Å². The van der Waals surface area contributed by atoms with Crippen molar-refractivity contribution in [1.82, 2.24) is 0 Å². The summed E-state index contributed by atoms with van der Waals surface area (Å²) in [6.45, 7) is 0. The normalized spacial score (nSPS) is 11.2. The first-order valence-electron chi connectivity index (χ1n) is 10.8. The monoisotopic (exact) mass is 562 g/mol. The standard InChI is InChI=1S/C28H22O6S2.2Na/c29-36(30,31)28-8-4-2-6-26(28)20-14-22-11-17-24(18-12-22)23-15-9-21(10-16-23)13-19-25-5-1-3-7-27(25)32-33-34-35;;/h1-20,35H,(H,29,30,31);;/q;2*+1/p-2. The molecule has 0 bridgehead atoms. The van der Waals surface area contributed by atoms with E-state index in [-0.39, 0.29) is 64.0 Å². The van der Waals surface area contributed by atoms with Gasteiger partial charge in [-0.1, -0.05) is 109 Å². The van der Waals surface area contributed by atoms with Crippen LogP contribution in [0.3, 0.4) is 0 Å². The van der Waals surface area contributed by atoms with Gasteiger partial charge in [-0.15, -0.1) is 0 Å². The van der Waals surface area contributed by atoms with Crippen molar-refractivity contribution in [3.63, 3.8) is 0 Å². The molecular formula is C28H20Na2O6S2. The van der Waals surface area contributed by atoms with Crippen LogP contribution >= 0.6 is 0 Å². The third-order valence-electron chi connectivity index (χ3n) is 5.32. The topological polar surface area (TPSA) is 84.9 Å². The van der Waals surface area contributed by atoms with Crippen molar-refractivity contribution >= 4 is 47.3 Å². The predicted molar refractivity (Wildman–Crippen MR) is 141 cm³/mol. The van der Waals surface area contributed by atoms with E-state index < -0.39 is 10.1 Å². The summed E-state index contributed by atoms with van der Waals surface area (Å²) in [6, 6.07) is 29.3. The van der Waals surface area contributed by atoms with Crippen LogP contribution in [0.5, 0.6) is 5.75 Å². The minimum atomic E-state index is -4.54. The van der Waals surface area contributed by atoms with Gasteiger partial charge in [-0.2, -0.15) is 0 Å². The van der Waals surface area contributed by atoms with E-state index in [1.54, 1.807) is 30.4 Å². The Morgan fingerprint density at radius 1 is 0.632 bits per heavy atom. The van der Waals surface area contributed by atoms with Crippen molar-refractivity contribution in [2.45, 2.75) is 4.90 Å². The number of para-hydroxylation sites is 1. The van der Waals surface area contributed by atoms with Gasteiger partial charge in [0.2, 0.25) is 0 Å². The van der Waals surface area contributed by atoms with Gasteiger partial charge in [0.1, 0.15) is 10.1 Å². The zero-order chi connectivity index (χ0) is 25.4. The third kappa shape index (κ3) is 9.22. The molecular weight excluding hydrogens is 542 g/mol. The van der Waals surface area contributed by atoms with Crippen LogP contribution in [-0.4, -0.2) is 13.0 Å². The summed E-state index contributed by atoms with van der Waals surface area (Å²) in [5.41, 5.74) is 5.11. The van der Waals surface area contributed by atoms with Crippen molar-refractivity contribution in [3.05, 3.63) is 119 Å². The molecule has 0 saturated heterocycles. The van der Waals surface area contributed by atoms with Crippen LogP contribution < -0.4 is 64.0 Å². The summed E-state index contributed by atoms with van der Waals surface area (Å²) in [4.78, 5) is 4.77. The van der Waals surface area contributed by atoms with E-state index in [2.05, 4.69) is 22.3 Å². The number of hydrogen-bond acceptors (Lipinski definition) is 7. The van der Waals surface area contributed by atoms with E-state index in [0.29, 0.717) is 11.3 Å². The van der Waals surface area contributed by atoms with Gasteiger partial charge < -0.3 is 26.7 Å². The second-order valence-corrected chi connectivity index (χ2v) is 9.14. The van der Waals surface area contributed by atoms with Gasteiger partial charge in [0, 0.05) is 5.56 Å². The first-order chi connectivity index (χ1) is 17.4. The summed E-state index contributed by atoms with van der Waals surface area (Å²) in [6.07, 6.45) is 7.25. The van der Waals surface area contributed by atoms with E-state index in [1.165, 1.54) is 12.1 Å². The minimum Gasteiger partial charge on any atom is -0.744 e. The maximum absolute atomic E-state index is 11.4. The number of benzene rings is 4. The first-order valence-corrected chi connectivity index (χ1v) is 12.5. The summed E-state index contributed by atoms with van der Waals surface area (Å²) in [5, 5.41) is 4.38. The van der Waals surface area contributed by atoms with Gasteiger partial charge in [0.25, 0.3) is 0 Å². The van der Waals surface area contributed by atoms with Crippen LogP contribution in [-0.2, 0) is 32.4 Å². The average molecular weight is 563 g/mol. The van der Waals surface area contributed by atoms with Crippen molar-refractivity contribution in [3.8, 4) is 16.9 Å². The molecule has 0 unspecified atom stereocenters. The van der Waals surface area contributed by atoms with Crippen LogP contribution in [0.15, 0.2) is 102 Å². The summed E-state index contributed by atoms with van der Waals surface area (Å²) >= 11 is 4.25. The first kappa shape index (κ1) is 32.6. The molecule has 0 saturated carbocycles. The molecule has 0 amide bonds. The van der Waals surface area contributed by atoms with Crippen molar-refractivity contribution < 1.29 is 86.3 Å². The van der Waals surface area contributed by atoms with Crippen molar-refractivity contribution in [1.29, 1.82) is 0 Å². The maximum Gasteiger partial charge on any atom is 1.00 e. The van der Waals surface area contributed by atoms with E-state index in [9.17, 15) is 13.0 Å². The van der Waals surface area contributed by atoms with Crippen LogP contribution in [0, 0.1) is 0 Å². The second-order valence-electron chi connectivity index (χ2n) is 7.66. The molecule has 182 valence electrons. The van der Waals surface area contributed by atoms with E-state index in [1.807, 2.05) is 78.9 Å². The Morgan fingerprint density at radius 2 is 1.11 bits per heavy atom. The Bertz CT molecular complexity index is 1490. The molecule has 0 atom stereocenters. The fraction of sp³-hybridized carbons (Fsp3) is 0. The van der Waals surface area contributed by atoms with Crippen molar-refractivity contribution in [2.75, 3.05) is 0 Å². The second kappa shape index (κ2) is 15.8. The molecule has 38 heavy (non-hydrogen) atoms. The predicted octanol–water partition coefficient (Wildman–Crippen LogP) is 0.310. The van der Waals surface area contributed by atoms with E-state index in [4.69, 9.17) is 4.89 Å². The molecule has 4 aromatic carbocycles. The van der Waals surface area contributed by atoms with Gasteiger partial charge in [0.15, 0.2) is 5.75 Å². The molecule has 0 aliphatic heterocycles. The Balaban J connectivity index is 0.00000253. The minimum absolute atomic E-state index is 0. The molecule has 0 spiro atoms. The quantitative estimate of drug-likeness (QED) is 0.0725. The van der Waals surface area contributed by atoms with E-state index in [0.717, 1.165) is 27.8 Å². The smallest absolute Gasteiger partial charge is 0.744 e. The Hall–Kier alpha value is -1.66. The van der Waals surface area contributed by atoms with Gasteiger partial charge in [-0.05, 0) is 45.0 Å². The molecule has 0 radical (unpaired) electrons. The molecule has 0 N–H and O–H groups in total. The Morgan fingerprint density at radius 3 is 1.63 bits per heavy atom. The third-order valence-corrected chi connectivity index (χ3v) is 6.29. The Kier molecular flexibility index (Phi) is 13.5. The summed E-state index contributed by atoms with van der Waals surface area (Å²) < 4.78 is 38.4. The van der Waals surface area contributed by atoms with Gasteiger partial charge in [-0.25, -0.2) is 8.42 Å². The fourth-order valence-electron chi connectivity index (χ4n) is 3.54. The van der Waals surface area contributed by atoms with Crippen LogP contribution in [0.25, 0.3) is 35.4 Å². The molecule has 0 fully saturated rings. The molecule has 0 aliphatic carbocycles. The van der Waals surface area contributed by atoms with E-state index >= 15 is 0 Å². The summed E-state index contributed by atoms with van der Waals surface area (Å²) in [7, 11) is -4.54. The van der Waals surface area contributed by atoms with Crippen LogP contribution in [0.2, 0.25) is 0 Å². The van der Waals surface area contributed by atoms with Crippen LogP contribution in [0.1, 0.15) is 22.3 Å². The van der Waals surface area contributed by atoms with Gasteiger partial charge in [0.05, 0.1) is 4.90 Å². The number of hydrogen-bond donors (Lipinski definition) is 0. The van der Waals surface area contributed by atoms with Gasteiger partial charge in [-0.3, -0.25) is 0 Å². The zero-order valence-electron chi connectivity index (χ0n) is 20.8. The molecule has 10 heteroatoms. The number of rotatable bonds is 9. The largest absolute Gasteiger partial charge is 1.00 e. The van der Waals surface area contributed by atoms with Gasteiger partial charge >= 0.3 is 59.1 Å². The summed E-state index contributed by atoms with van der Waals surface area (Å²) in [5.74, 6) is 0.475. The SMILES string of the molecule is O=S(=O)([O-])c1ccccc1C=Cc1ccc(-c2ccc(C=Cc3ccccc3OOO[S-])cc2)cc1.[Na+].[Na+]. The molecule has 0 aliphatic rings. The molecule has 4 aromatic rings.